The van der Waals surface area contributed by atoms with Crippen molar-refractivity contribution in [3.63, 3.8) is 0 Å². The summed E-state index contributed by atoms with van der Waals surface area (Å²) in [6.07, 6.45) is 2.65. The summed E-state index contributed by atoms with van der Waals surface area (Å²) in [5.74, 6) is 0.207. The van der Waals surface area contributed by atoms with Crippen molar-refractivity contribution in [1.82, 2.24) is 4.90 Å². The predicted octanol–water partition coefficient (Wildman–Crippen LogP) is 0.124. The first-order valence-electron chi connectivity index (χ1n) is 4.85. The van der Waals surface area contributed by atoms with Crippen molar-refractivity contribution in [2.75, 3.05) is 32.1 Å². The van der Waals surface area contributed by atoms with Gasteiger partial charge >= 0.3 is 0 Å². The molecule has 0 rings (SSSR count). The van der Waals surface area contributed by atoms with E-state index in [0.29, 0.717) is 6.54 Å². The Morgan fingerprint density at radius 1 is 1.36 bits per heavy atom. The second-order valence-electron chi connectivity index (χ2n) is 3.92. The van der Waals surface area contributed by atoms with E-state index in [-0.39, 0.29) is 11.9 Å². The quantitative estimate of drug-likeness (QED) is 0.666. The highest BCUT2D eigenvalue weighted by atomic mass is 32.2. The number of aliphatic hydroxyl groups excluding tert-OH is 1. The molecule has 5 heteroatoms. The first-order chi connectivity index (χ1) is 6.31. The summed E-state index contributed by atoms with van der Waals surface area (Å²) in [4.78, 5) is 1.98. The fraction of sp³-hybridized carbons (Fsp3) is 1.00. The van der Waals surface area contributed by atoms with E-state index in [9.17, 15) is 8.42 Å². The van der Waals surface area contributed by atoms with Crippen LogP contribution in [-0.4, -0.2) is 56.7 Å². The molecule has 0 spiro atoms. The molecule has 0 aromatic rings. The molecular weight excluding hydrogens is 202 g/mol. The molecule has 0 fully saturated rings. The second kappa shape index (κ2) is 6.37. The fourth-order valence-electron chi connectivity index (χ4n) is 1.09. The molecule has 1 unspecified atom stereocenters. The number of nitrogens with zero attached hydrogens (tertiary/aromatic N) is 1. The minimum Gasteiger partial charge on any atom is -0.393 e. The number of hydrogen-bond donors (Lipinski definition) is 1. The van der Waals surface area contributed by atoms with Gasteiger partial charge in [-0.1, -0.05) is 0 Å². The third kappa shape index (κ3) is 9.95. The van der Waals surface area contributed by atoms with E-state index < -0.39 is 9.84 Å². The highest BCUT2D eigenvalue weighted by Gasteiger charge is 2.05. The lowest BCUT2D eigenvalue weighted by Gasteiger charge is -2.16. The van der Waals surface area contributed by atoms with Crippen LogP contribution in [0.1, 0.15) is 19.8 Å². The van der Waals surface area contributed by atoms with Crippen LogP contribution in [0.2, 0.25) is 0 Å². The van der Waals surface area contributed by atoms with E-state index in [1.807, 2.05) is 11.9 Å². The zero-order chi connectivity index (χ0) is 11.2. The third-order valence-electron chi connectivity index (χ3n) is 2.01. The first kappa shape index (κ1) is 13.9. The van der Waals surface area contributed by atoms with Gasteiger partial charge in [-0.25, -0.2) is 8.42 Å². The second-order valence-corrected chi connectivity index (χ2v) is 6.18. The van der Waals surface area contributed by atoms with Gasteiger partial charge in [-0.15, -0.1) is 0 Å². The maximum absolute atomic E-state index is 10.9. The van der Waals surface area contributed by atoms with Gasteiger partial charge in [0.25, 0.3) is 0 Å². The average Bonchev–Trinajstić information content (AvgIpc) is 1.99. The number of hydrogen-bond acceptors (Lipinski definition) is 4. The average molecular weight is 223 g/mol. The van der Waals surface area contributed by atoms with E-state index >= 15 is 0 Å². The van der Waals surface area contributed by atoms with Crippen LogP contribution in [-0.2, 0) is 9.84 Å². The van der Waals surface area contributed by atoms with Crippen LogP contribution in [0.5, 0.6) is 0 Å². The van der Waals surface area contributed by atoms with Gasteiger partial charge in [-0.05, 0) is 33.4 Å². The topological polar surface area (TPSA) is 57.6 Å². The molecule has 0 saturated heterocycles. The van der Waals surface area contributed by atoms with Gasteiger partial charge < -0.3 is 10.0 Å². The monoisotopic (exact) mass is 223 g/mol. The van der Waals surface area contributed by atoms with Crippen LogP contribution >= 0.6 is 0 Å². The summed E-state index contributed by atoms with van der Waals surface area (Å²) in [7, 11) is -0.956. The normalized spacial score (nSPS) is 14.6. The molecule has 1 atom stereocenters. The van der Waals surface area contributed by atoms with Gasteiger partial charge in [-0.2, -0.15) is 0 Å². The van der Waals surface area contributed by atoms with Crippen molar-refractivity contribution >= 4 is 9.84 Å². The Balaban J connectivity index is 3.51. The molecule has 1 N–H and O–H groups in total. The highest BCUT2D eigenvalue weighted by molar-refractivity contribution is 7.90. The largest absolute Gasteiger partial charge is 0.393 e. The lowest BCUT2D eigenvalue weighted by Crippen LogP contribution is -2.26. The van der Waals surface area contributed by atoms with Crippen molar-refractivity contribution in [3.05, 3.63) is 0 Å². The maximum Gasteiger partial charge on any atom is 0.148 e. The van der Waals surface area contributed by atoms with Crippen LogP contribution < -0.4 is 0 Å². The minimum atomic E-state index is -2.85. The summed E-state index contributed by atoms with van der Waals surface area (Å²) in [6, 6.07) is 0. The zero-order valence-electron chi connectivity index (χ0n) is 9.23. The molecule has 86 valence electrons. The van der Waals surface area contributed by atoms with Crippen molar-refractivity contribution in [2.24, 2.45) is 0 Å². The molecule has 14 heavy (non-hydrogen) atoms. The first-order valence-corrected chi connectivity index (χ1v) is 6.91. The van der Waals surface area contributed by atoms with Gasteiger partial charge in [-0.3, -0.25) is 0 Å². The van der Waals surface area contributed by atoms with Crippen molar-refractivity contribution < 1.29 is 13.5 Å². The molecular formula is C9H21NO3S. The summed E-state index contributed by atoms with van der Waals surface area (Å²) < 4.78 is 21.7. The molecule has 0 saturated carbocycles. The molecule has 0 aromatic carbocycles. The third-order valence-corrected chi connectivity index (χ3v) is 2.93. The Morgan fingerprint density at radius 2 is 1.93 bits per heavy atom. The summed E-state index contributed by atoms with van der Waals surface area (Å²) in [5, 5.41) is 9.01. The van der Waals surface area contributed by atoms with Gasteiger partial charge in [0, 0.05) is 12.8 Å². The lowest BCUT2D eigenvalue weighted by molar-refractivity contribution is 0.175. The van der Waals surface area contributed by atoms with E-state index in [2.05, 4.69) is 0 Å². The molecule has 0 heterocycles. The van der Waals surface area contributed by atoms with Crippen LogP contribution in [0.4, 0.5) is 0 Å². The van der Waals surface area contributed by atoms with E-state index in [4.69, 9.17) is 5.11 Å². The lowest BCUT2D eigenvalue weighted by atomic mass is 10.2. The van der Waals surface area contributed by atoms with Gasteiger partial charge in [0.2, 0.25) is 0 Å². The van der Waals surface area contributed by atoms with Crippen LogP contribution in [0.15, 0.2) is 0 Å². The SMILES string of the molecule is CC(O)CCCN(C)CCS(C)(=O)=O. The highest BCUT2D eigenvalue weighted by Crippen LogP contribution is 1.97. The summed E-state index contributed by atoms with van der Waals surface area (Å²) in [5.41, 5.74) is 0. The number of rotatable bonds is 7. The molecule has 0 radical (unpaired) electrons. The van der Waals surface area contributed by atoms with Crippen LogP contribution in [0.3, 0.4) is 0 Å². The van der Waals surface area contributed by atoms with Crippen LogP contribution in [0.25, 0.3) is 0 Å². The molecule has 0 amide bonds. The molecule has 0 aliphatic rings. The van der Waals surface area contributed by atoms with Crippen LogP contribution in [0, 0.1) is 0 Å². The van der Waals surface area contributed by atoms with E-state index in [0.717, 1.165) is 19.4 Å². The van der Waals surface area contributed by atoms with Crippen molar-refractivity contribution in [2.45, 2.75) is 25.9 Å². The van der Waals surface area contributed by atoms with E-state index in [1.165, 1.54) is 6.26 Å². The molecule has 0 bridgehead atoms. The smallest absolute Gasteiger partial charge is 0.148 e. The van der Waals surface area contributed by atoms with Gasteiger partial charge in [0.05, 0.1) is 11.9 Å². The number of sulfone groups is 1. The Labute approximate surface area is 86.8 Å². The predicted molar refractivity (Wildman–Crippen MR) is 58.1 cm³/mol. The van der Waals surface area contributed by atoms with Crippen molar-refractivity contribution in [1.29, 1.82) is 0 Å². The Hall–Kier alpha value is -0.130. The molecule has 4 nitrogen and oxygen atoms in total. The minimum absolute atomic E-state index is 0.207. The molecule has 0 aliphatic carbocycles. The van der Waals surface area contributed by atoms with Gasteiger partial charge in [0.1, 0.15) is 9.84 Å². The fourth-order valence-corrected chi connectivity index (χ4v) is 1.73. The Kier molecular flexibility index (Phi) is 6.31. The van der Waals surface area contributed by atoms with Crippen molar-refractivity contribution in [3.8, 4) is 0 Å². The molecule has 0 aliphatic heterocycles. The van der Waals surface area contributed by atoms with Gasteiger partial charge in [0.15, 0.2) is 0 Å². The standard InChI is InChI=1S/C9H21NO3S/c1-9(11)5-4-6-10(2)7-8-14(3,12)13/h9,11H,4-8H2,1-3H3. The Morgan fingerprint density at radius 3 is 2.36 bits per heavy atom. The summed E-state index contributed by atoms with van der Waals surface area (Å²) >= 11 is 0. The number of aliphatic hydroxyl groups is 1. The Bertz CT molecular complexity index is 236. The zero-order valence-corrected chi connectivity index (χ0v) is 10.0. The summed E-state index contributed by atoms with van der Waals surface area (Å²) in [6.45, 7) is 3.16. The van der Waals surface area contributed by atoms with E-state index in [1.54, 1.807) is 6.92 Å². The maximum atomic E-state index is 10.9. The molecule has 0 aromatic heterocycles.